The van der Waals surface area contributed by atoms with E-state index in [-0.39, 0.29) is 30.1 Å². The van der Waals surface area contributed by atoms with Crippen LogP contribution in [0.3, 0.4) is 0 Å². The normalized spacial score (nSPS) is 10.6. The maximum atomic E-state index is 12.0. The minimum Gasteiger partial charge on any atom is -0.309 e. The van der Waals surface area contributed by atoms with Gasteiger partial charge in [-0.15, -0.1) is 11.3 Å². The standard InChI is InChI=1S/C13H16N4O3S/c1-4-9(18)16-17-10(19)5-8-14-12(20)11-6(2)7(3)21-13(11)15-8/h4-5H2,1-3H3,(H,16,18)(H,17,19)(H,14,15,20). The van der Waals surface area contributed by atoms with Crippen molar-refractivity contribution < 1.29 is 9.59 Å². The predicted octanol–water partition coefficient (Wildman–Crippen LogP) is 0.701. The van der Waals surface area contributed by atoms with Gasteiger partial charge in [0.05, 0.1) is 11.8 Å². The van der Waals surface area contributed by atoms with Crippen molar-refractivity contribution in [1.82, 2.24) is 20.8 Å². The molecule has 2 aromatic rings. The van der Waals surface area contributed by atoms with E-state index in [9.17, 15) is 14.4 Å². The molecule has 2 amide bonds. The first-order chi connectivity index (χ1) is 9.92. The van der Waals surface area contributed by atoms with Crippen molar-refractivity contribution in [3.8, 4) is 0 Å². The Hall–Kier alpha value is -2.22. The summed E-state index contributed by atoms with van der Waals surface area (Å²) < 4.78 is 0. The van der Waals surface area contributed by atoms with Gasteiger partial charge >= 0.3 is 0 Å². The van der Waals surface area contributed by atoms with E-state index in [1.54, 1.807) is 6.92 Å². The number of carbonyl (C=O) groups excluding carboxylic acids is 2. The molecule has 0 atom stereocenters. The maximum absolute atomic E-state index is 12.0. The molecule has 21 heavy (non-hydrogen) atoms. The number of H-pyrrole nitrogens is 1. The summed E-state index contributed by atoms with van der Waals surface area (Å²) in [5.41, 5.74) is 5.19. The zero-order valence-corrected chi connectivity index (χ0v) is 12.8. The second-order valence-electron chi connectivity index (χ2n) is 4.60. The first kappa shape index (κ1) is 15.2. The minimum absolute atomic E-state index is 0.106. The number of thiophene rings is 1. The van der Waals surface area contributed by atoms with Crippen LogP contribution in [-0.4, -0.2) is 21.8 Å². The molecule has 3 N–H and O–H groups in total. The highest BCUT2D eigenvalue weighted by atomic mass is 32.1. The Morgan fingerprint density at radius 2 is 1.90 bits per heavy atom. The monoisotopic (exact) mass is 308 g/mol. The van der Waals surface area contributed by atoms with Crippen LogP contribution in [0.5, 0.6) is 0 Å². The summed E-state index contributed by atoms with van der Waals surface area (Å²) in [6, 6.07) is 0. The van der Waals surface area contributed by atoms with Gasteiger partial charge in [0.25, 0.3) is 5.56 Å². The highest BCUT2D eigenvalue weighted by Gasteiger charge is 2.13. The van der Waals surface area contributed by atoms with Crippen LogP contribution in [0.15, 0.2) is 4.79 Å². The minimum atomic E-state index is -0.440. The van der Waals surface area contributed by atoms with Crippen molar-refractivity contribution in [3.05, 3.63) is 26.6 Å². The maximum Gasteiger partial charge on any atom is 0.259 e. The molecule has 0 aliphatic rings. The zero-order chi connectivity index (χ0) is 15.6. The fourth-order valence-electron chi connectivity index (χ4n) is 1.81. The molecule has 0 radical (unpaired) electrons. The highest BCUT2D eigenvalue weighted by Crippen LogP contribution is 2.25. The first-order valence-corrected chi connectivity index (χ1v) is 7.30. The van der Waals surface area contributed by atoms with Gasteiger partial charge in [-0.25, -0.2) is 4.98 Å². The molecule has 0 saturated heterocycles. The SMILES string of the molecule is CCC(=O)NNC(=O)Cc1nc2sc(C)c(C)c2c(=O)[nH]1. The van der Waals surface area contributed by atoms with Crippen LogP contribution in [0.25, 0.3) is 10.2 Å². The summed E-state index contributed by atoms with van der Waals surface area (Å²) in [5.74, 6) is -0.453. The fourth-order valence-corrected chi connectivity index (χ4v) is 2.86. The molecule has 2 aromatic heterocycles. The number of nitrogens with one attached hydrogen (secondary N) is 3. The van der Waals surface area contributed by atoms with Crippen molar-refractivity contribution in [2.24, 2.45) is 0 Å². The lowest BCUT2D eigenvalue weighted by molar-refractivity contribution is -0.128. The molecule has 0 spiro atoms. The Morgan fingerprint density at radius 3 is 2.57 bits per heavy atom. The number of hydrogen-bond acceptors (Lipinski definition) is 5. The Morgan fingerprint density at radius 1 is 1.24 bits per heavy atom. The molecule has 0 aromatic carbocycles. The van der Waals surface area contributed by atoms with Crippen LogP contribution in [0.1, 0.15) is 29.6 Å². The van der Waals surface area contributed by atoms with Gasteiger partial charge in [0.1, 0.15) is 10.7 Å². The van der Waals surface area contributed by atoms with Gasteiger partial charge < -0.3 is 4.98 Å². The Balaban J connectivity index is 2.18. The van der Waals surface area contributed by atoms with Gasteiger partial charge in [-0.3, -0.25) is 25.2 Å². The van der Waals surface area contributed by atoms with Crippen molar-refractivity contribution in [2.75, 3.05) is 0 Å². The summed E-state index contributed by atoms with van der Waals surface area (Å²) in [6.07, 6.45) is 0.167. The first-order valence-electron chi connectivity index (χ1n) is 6.49. The van der Waals surface area contributed by atoms with Crippen LogP contribution in [0.2, 0.25) is 0 Å². The Bertz CT molecular complexity index is 763. The topological polar surface area (TPSA) is 104 Å². The average molecular weight is 308 g/mol. The molecule has 0 aliphatic carbocycles. The van der Waals surface area contributed by atoms with E-state index < -0.39 is 5.91 Å². The zero-order valence-electron chi connectivity index (χ0n) is 12.0. The van der Waals surface area contributed by atoms with E-state index in [0.29, 0.717) is 10.2 Å². The van der Waals surface area contributed by atoms with Gasteiger partial charge in [-0.2, -0.15) is 0 Å². The number of hydrazine groups is 1. The fraction of sp³-hybridized carbons (Fsp3) is 0.385. The number of nitrogens with zero attached hydrogens (tertiary/aromatic N) is 1. The van der Waals surface area contributed by atoms with Crippen LogP contribution in [-0.2, 0) is 16.0 Å². The second-order valence-corrected chi connectivity index (χ2v) is 5.81. The number of hydrogen-bond donors (Lipinski definition) is 3. The number of aromatic amines is 1. The summed E-state index contributed by atoms with van der Waals surface area (Å²) in [6.45, 7) is 5.47. The van der Waals surface area contributed by atoms with Gasteiger partial charge in [-0.05, 0) is 19.4 Å². The second kappa shape index (κ2) is 6.04. The van der Waals surface area contributed by atoms with E-state index in [2.05, 4.69) is 20.8 Å². The molecule has 112 valence electrons. The van der Waals surface area contributed by atoms with Gasteiger partial charge in [0.2, 0.25) is 11.8 Å². The molecule has 8 heteroatoms. The Kier molecular flexibility index (Phi) is 4.37. The largest absolute Gasteiger partial charge is 0.309 e. The van der Waals surface area contributed by atoms with Crippen molar-refractivity contribution in [1.29, 1.82) is 0 Å². The van der Waals surface area contributed by atoms with E-state index >= 15 is 0 Å². The van der Waals surface area contributed by atoms with Gasteiger partial charge in [-0.1, -0.05) is 6.92 Å². The van der Waals surface area contributed by atoms with Gasteiger partial charge in [0.15, 0.2) is 0 Å². The summed E-state index contributed by atoms with van der Waals surface area (Å²) in [4.78, 5) is 43.3. The number of amides is 2. The molecule has 0 fully saturated rings. The molecule has 0 aliphatic heterocycles. The molecule has 0 unspecified atom stereocenters. The number of rotatable bonds is 3. The third-order valence-electron chi connectivity index (χ3n) is 3.08. The highest BCUT2D eigenvalue weighted by molar-refractivity contribution is 7.18. The molecule has 0 saturated carbocycles. The third-order valence-corrected chi connectivity index (χ3v) is 4.18. The van der Waals surface area contributed by atoms with Gasteiger partial charge in [0, 0.05) is 11.3 Å². The number of aryl methyl sites for hydroxylation is 2. The van der Waals surface area contributed by atoms with E-state index in [0.717, 1.165) is 10.4 Å². The van der Waals surface area contributed by atoms with E-state index in [1.807, 2.05) is 13.8 Å². The summed E-state index contributed by atoms with van der Waals surface area (Å²) in [5, 5.41) is 0.570. The van der Waals surface area contributed by atoms with Crippen molar-refractivity contribution in [2.45, 2.75) is 33.6 Å². The Labute approximate surface area is 124 Å². The van der Waals surface area contributed by atoms with E-state index in [4.69, 9.17) is 0 Å². The molecule has 0 bridgehead atoms. The number of aromatic nitrogens is 2. The van der Waals surface area contributed by atoms with Crippen LogP contribution < -0.4 is 16.4 Å². The third kappa shape index (κ3) is 3.27. The van der Waals surface area contributed by atoms with Crippen molar-refractivity contribution >= 4 is 33.4 Å². The van der Waals surface area contributed by atoms with Crippen LogP contribution in [0.4, 0.5) is 0 Å². The molecule has 2 heterocycles. The predicted molar refractivity (Wildman–Crippen MR) is 80.0 cm³/mol. The molecule has 7 nitrogen and oxygen atoms in total. The molecular weight excluding hydrogens is 292 g/mol. The molecule has 2 rings (SSSR count). The van der Waals surface area contributed by atoms with E-state index in [1.165, 1.54) is 11.3 Å². The number of fused-ring (bicyclic) bond motifs is 1. The average Bonchev–Trinajstić information content (AvgIpc) is 2.71. The summed E-state index contributed by atoms with van der Waals surface area (Å²) in [7, 11) is 0. The smallest absolute Gasteiger partial charge is 0.259 e. The lowest BCUT2D eigenvalue weighted by Gasteiger charge is -2.05. The quantitative estimate of drug-likeness (QED) is 0.726. The number of carbonyl (C=O) groups is 2. The van der Waals surface area contributed by atoms with Crippen LogP contribution >= 0.6 is 11.3 Å². The lowest BCUT2D eigenvalue weighted by atomic mass is 10.2. The lowest BCUT2D eigenvalue weighted by Crippen LogP contribution is -2.42. The van der Waals surface area contributed by atoms with Crippen LogP contribution in [0, 0.1) is 13.8 Å². The molecular formula is C13H16N4O3S. The van der Waals surface area contributed by atoms with Crippen molar-refractivity contribution in [3.63, 3.8) is 0 Å². The summed E-state index contributed by atoms with van der Waals surface area (Å²) >= 11 is 1.42.